The van der Waals surface area contributed by atoms with Gasteiger partial charge in [0.2, 0.25) is 5.91 Å². The van der Waals surface area contributed by atoms with Crippen LogP contribution in [-0.4, -0.2) is 67.1 Å². The van der Waals surface area contributed by atoms with Gasteiger partial charge in [-0.1, -0.05) is 30.3 Å². The van der Waals surface area contributed by atoms with Crippen LogP contribution in [0.15, 0.2) is 30.3 Å². The number of carbonyl (C=O) groups excluding carboxylic acids is 1. The molecule has 1 amide bonds. The van der Waals surface area contributed by atoms with Gasteiger partial charge in [-0.25, -0.2) is 0 Å². The van der Waals surface area contributed by atoms with Crippen molar-refractivity contribution in [1.82, 2.24) is 9.80 Å². The van der Waals surface area contributed by atoms with E-state index in [9.17, 15) is 9.59 Å². The predicted molar refractivity (Wildman–Crippen MR) is 78.9 cm³/mol. The van der Waals surface area contributed by atoms with Gasteiger partial charge in [0.25, 0.3) is 0 Å². The number of nitrogens with zero attached hydrogens (tertiary/aromatic N) is 2. The summed E-state index contributed by atoms with van der Waals surface area (Å²) < 4.78 is 5.35. The molecule has 0 aliphatic rings. The Kier molecular flexibility index (Phi) is 7.42. The highest BCUT2D eigenvalue weighted by molar-refractivity contribution is 5.82. The first-order chi connectivity index (χ1) is 9.99. The van der Waals surface area contributed by atoms with Crippen LogP contribution in [0.3, 0.4) is 0 Å². The molecule has 0 saturated carbocycles. The van der Waals surface area contributed by atoms with Gasteiger partial charge in [-0.05, 0) is 19.7 Å². The maximum absolute atomic E-state index is 12.0. The normalized spacial score (nSPS) is 10.6. The largest absolute Gasteiger partial charge is 0.480 e. The van der Waals surface area contributed by atoms with E-state index in [1.807, 2.05) is 49.3 Å². The number of likely N-dealkylation sites (N-methyl/N-ethyl adjacent to an activating group) is 1. The second kappa shape index (κ2) is 9.10. The number of aliphatic carboxylic acids is 1. The molecule has 0 saturated heterocycles. The van der Waals surface area contributed by atoms with E-state index in [1.165, 1.54) is 4.90 Å². The number of benzene rings is 1. The molecule has 1 aromatic carbocycles. The van der Waals surface area contributed by atoms with Gasteiger partial charge in [0, 0.05) is 13.1 Å². The van der Waals surface area contributed by atoms with Crippen molar-refractivity contribution in [2.24, 2.45) is 0 Å². The zero-order valence-corrected chi connectivity index (χ0v) is 12.5. The number of rotatable bonds is 9. The molecule has 0 aliphatic heterocycles. The molecule has 0 fully saturated rings. The second-order valence-electron chi connectivity index (χ2n) is 4.99. The van der Waals surface area contributed by atoms with Crippen LogP contribution in [0.2, 0.25) is 0 Å². The molecule has 1 N–H and O–H groups in total. The van der Waals surface area contributed by atoms with Crippen molar-refractivity contribution in [3.63, 3.8) is 0 Å². The van der Waals surface area contributed by atoms with Crippen molar-refractivity contribution >= 4 is 11.9 Å². The van der Waals surface area contributed by atoms with Crippen LogP contribution < -0.4 is 0 Å². The Labute approximate surface area is 124 Å². The highest BCUT2D eigenvalue weighted by atomic mass is 16.5. The Morgan fingerprint density at radius 3 is 2.38 bits per heavy atom. The Balaban J connectivity index is 2.42. The fourth-order valence-electron chi connectivity index (χ4n) is 1.70. The van der Waals surface area contributed by atoms with E-state index in [0.717, 1.165) is 5.56 Å². The number of carboxylic acid groups (broad SMARTS) is 1. The molecule has 21 heavy (non-hydrogen) atoms. The van der Waals surface area contributed by atoms with Gasteiger partial charge in [-0.2, -0.15) is 0 Å². The van der Waals surface area contributed by atoms with E-state index in [2.05, 4.69) is 0 Å². The molecule has 6 heteroatoms. The molecule has 0 radical (unpaired) electrons. The van der Waals surface area contributed by atoms with E-state index >= 15 is 0 Å². The van der Waals surface area contributed by atoms with Crippen LogP contribution in [0, 0.1) is 0 Å². The second-order valence-corrected chi connectivity index (χ2v) is 4.99. The van der Waals surface area contributed by atoms with Crippen LogP contribution in [0.5, 0.6) is 0 Å². The van der Waals surface area contributed by atoms with Gasteiger partial charge in [0.1, 0.15) is 13.2 Å². The fraction of sp³-hybridized carbons (Fsp3) is 0.467. The van der Waals surface area contributed by atoms with Crippen LogP contribution >= 0.6 is 0 Å². The van der Waals surface area contributed by atoms with Gasteiger partial charge in [-0.15, -0.1) is 0 Å². The average molecular weight is 294 g/mol. The first-order valence-corrected chi connectivity index (χ1v) is 6.75. The van der Waals surface area contributed by atoms with Gasteiger partial charge >= 0.3 is 5.97 Å². The van der Waals surface area contributed by atoms with Gasteiger partial charge in [0.15, 0.2) is 0 Å². The Bertz CT molecular complexity index is 448. The van der Waals surface area contributed by atoms with Crippen molar-refractivity contribution < 1.29 is 19.4 Å². The lowest BCUT2D eigenvalue weighted by Gasteiger charge is -2.22. The summed E-state index contributed by atoms with van der Waals surface area (Å²) in [5.41, 5.74) is 0.975. The maximum Gasteiger partial charge on any atom is 0.323 e. The molecule has 0 bridgehead atoms. The Morgan fingerprint density at radius 1 is 1.14 bits per heavy atom. The third-order valence-electron chi connectivity index (χ3n) is 2.83. The minimum atomic E-state index is -1.02. The quantitative estimate of drug-likeness (QED) is 0.725. The van der Waals surface area contributed by atoms with Gasteiger partial charge < -0.3 is 19.6 Å². The summed E-state index contributed by atoms with van der Waals surface area (Å²) in [6.45, 7) is 0.892. The van der Waals surface area contributed by atoms with Crippen LogP contribution in [0.25, 0.3) is 0 Å². The molecule has 0 heterocycles. The molecule has 1 aromatic rings. The fourth-order valence-corrected chi connectivity index (χ4v) is 1.70. The number of hydrogen-bond acceptors (Lipinski definition) is 4. The molecule has 0 unspecified atom stereocenters. The minimum absolute atomic E-state index is 0.115. The van der Waals surface area contributed by atoms with E-state index in [-0.39, 0.29) is 19.1 Å². The van der Waals surface area contributed by atoms with Gasteiger partial charge in [-0.3, -0.25) is 9.59 Å². The van der Waals surface area contributed by atoms with Crippen molar-refractivity contribution in [1.29, 1.82) is 0 Å². The maximum atomic E-state index is 12.0. The predicted octanol–water partition coefficient (Wildman–Crippen LogP) is 0.678. The molecule has 116 valence electrons. The van der Waals surface area contributed by atoms with Crippen LogP contribution in [-0.2, 0) is 20.9 Å². The number of hydrogen-bond donors (Lipinski definition) is 1. The lowest BCUT2D eigenvalue weighted by molar-refractivity contribution is -0.146. The molecule has 0 atom stereocenters. The molecule has 6 nitrogen and oxygen atoms in total. The summed E-state index contributed by atoms with van der Waals surface area (Å²) >= 11 is 0. The molecule has 1 rings (SSSR count). The first kappa shape index (κ1) is 17.1. The average Bonchev–Trinajstić information content (AvgIpc) is 2.44. The summed E-state index contributed by atoms with van der Waals surface area (Å²) in [6, 6.07) is 9.52. The Morgan fingerprint density at radius 2 is 1.81 bits per heavy atom. The number of amides is 1. The third-order valence-corrected chi connectivity index (χ3v) is 2.83. The zero-order chi connectivity index (χ0) is 15.7. The number of carbonyl (C=O) groups is 2. The van der Waals surface area contributed by atoms with Crippen molar-refractivity contribution in [2.75, 3.05) is 40.3 Å². The molecular formula is C15H22N2O4. The summed E-state index contributed by atoms with van der Waals surface area (Å²) in [6.07, 6.45) is 0. The monoisotopic (exact) mass is 294 g/mol. The van der Waals surface area contributed by atoms with E-state index < -0.39 is 5.97 Å². The topological polar surface area (TPSA) is 70.1 Å². The summed E-state index contributed by atoms with van der Waals surface area (Å²) in [5.74, 6) is -1.33. The first-order valence-electron chi connectivity index (χ1n) is 6.75. The van der Waals surface area contributed by atoms with Crippen LogP contribution in [0.1, 0.15) is 5.56 Å². The molecular weight excluding hydrogens is 272 g/mol. The highest BCUT2D eigenvalue weighted by Gasteiger charge is 2.16. The lowest BCUT2D eigenvalue weighted by Crippen LogP contribution is -2.41. The van der Waals surface area contributed by atoms with Crippen molar-refractivity contribution in [3.05, 3.63) is 35.9 Å². The van der Waals surface area contributed by atoms with E-state index in [1.54, 1.807) is 0 Å². The summed E-state index contributed by atoms with van der Waals surface area (Å²) in [7, 11) is 3.74. The van der Waals surface area contributed by atoms with Crippen LogP contribution in [0.4, 0.5) is 0 Å². The molecule has 0 aromatic heterocycles. The minimum Gasteiger partial charge on any atom is -0.480 e. The highest BCUT2D eigenvalue weighted by Crippen LogP contribution is 2.01. The third kappa shape index (κ3) is 7.43. The van der Waals surface area contributed by atoms with Gasteiger partial charge in [0.05, 0.1) is 6.61 Å². The van der Waals surface area contributed by atoms with Crippen molar-refractivity contribution in [2.45, 2.75) is 6.61 Å². The van der Waals surface area contributed by atoms with Crippen molar-refractivity contribution in [3.8, 4) is 0 Å². The number of carboxylic acids is 1. The van der Waals surface area contributed by atoms with E-state index in [4.69, 9.17) is 9.84 Å². The molecule has 0 aliphatic carbocycles. The summed E-state index contributed by atoms with van der Waals surface area (Å²) in [4.78, 5) is 26.0. The smallest absolute Gasteiger partial charge is 0.323 e. The Hall–Kier alpha value is -1.92. The number of ether oxygens (including phenoxy) is 1. The summed E-state index contributed by atoms with van der Waals surface area (Å²) in [5, 5.41) is 8.85. The standard InChI is InChI=1S/C15H22N2O4/c1-16(2)8-9-17(10-15(19)20)14(18)12-21-11-13-6-4-3-5-7-13/h3-7H,8-12H2,1-2H3,(H,19,20). The van der Waals surface area contributed by atoms with E-state index in [0.29, 0.717) is 19.7 Å². The molecule has 0 spiro atoms. The SMILES string of the molecule is CN(C)CCN(CC(=O)O)C(=O)COCc1ccccc1. The zero-order valence-electron chi connectivity index (χ0n) is 12.5. The lowest BCUT2D eigenvalue weighted by atomic mass is 10.2.